The number of fused-ring (bicyclic) bond motifs is 2. The van der Waals surface area contributed by atoms with E-state index in [0.717, 1.165) is 61.2 Å². The number of rotatable bonds is 3. The van der Waals surface area contributed by atoms with Gasteiger partial charge in [-0.15, -0.1) is 0 Å². The average molecular weight is 386 g/mol. The molecular formula is C24H26N4O. The first-order valence-electron chi connectivity index (χ1n) is 10.6. The van der Waals surface area contributed by atoms with Crippen LogP contribution < -0.4 is 5.32 Å². The zero-order valence-corrected chi connectivity index (χ0v) is 16.9. The number of aromatic nitrogens is 2. The average Bonchev–Trinajstić information content (AvgIpc) is 3.22. The summed E-state index contributed by atoms with van der Waals surface area (Å²) in [6.07, 6.45) is 8.55. The number of hydrogen-bond acceptors (Lipinski definition) is 4. The lowest BCUT2D eigenvalue weighted by molar-refractivity contribution is 0.0725. The van der Waals surface area contributed by atoms with Crippen LogP contribution in [-0.4, -0.2) is 33.9 Å². The van der Waals surface area contributed by atoms with Gasteiger partial charge in [-0.2, -0.15) is 0 Å². The van der Waals surface area contributed by atoms with E-state index >= 15 is 0 Å². The summed E-state index contributed by atoms with van der Waals surface area (Å²) in [5.41, 5.74) is 6.91. The van der Waals surface area contributed by atoms with E-state index in [4.69, 9.17) is 0 Å². The van der Waals surface area contributed by atoms with E-state index in [2.05, 4.69) is 33.5 Å². The van der Waals surface area contributed by atoms with Crippen LogP contribution in [0.15, 0.2) is 36.5 Å². The van der Waals surface area contributed by atoms with Crippen LogP contribution in [0, 0.1) is 6.92 Å². The molecule has 2 aromatic heterocycles. The third-order valence-electron chi connectivity index (χ3n) is 6.11. The van der Waals surface area contributed by atoms with Gasteiger partial charge >= 0.3 is 0 Å². The molecule has 0 atom stereocenters. The molecule has 0 spiro atoms. The molecule has 1 saturated heterocycles. The van der Waals surface area contributed by atoms with E-state index < -0.39 is 0 Å². The number of piperidine rings is 1. The Labute approximate surface area is 171 Å². The van der Waals surface area contributed by atoms with Crippen molar-refractivity contribution in [3.05, 3.63) is 58.9 Å². The Morgan fingerprint density at radius 3 is 2.69 bits per heavy atom. The molecule has 2 aliphatic rings. The molecule has 148 valence electrons. The third-order valence-corrected chi connectivity index (χ3v) is 6.11. The van der Waals surface area contributed by atoms with Crippen molar-refractivity contribution in [2.24, 2.45) is 0 Å². The lowest BCUT2D eigenvalue weighted by atomic mass is 10.1. The molecule has 0 radical (unpaired) electrons. The van der Waals surface area contributed by atoms with Crippen molar-refractivity contribution in [2.45, 2.75) is 45.4 Å². The maximum atomic E-state index is 13.3. The molecule has 1 fully saturated rings. The molecule has 1 aliphatic carbocycles. The van der Waals surface area contributed by atoms with Gasteiger partial charge in [0.1, 0.15) is 0 Å². The van der Waals surface area contributed by atoms with Crippen molar-refractivity contribution in [3.8, 4) is 0 Å². The van der Waals surface area contributed by atoms with Crippen LogP contribution in [0.4, 0.5) is 11.4 Å². The molecule has 0 unspecified atom stereocenters. The smallest absolute Gasteiger partial charge is 0.257 e. The van der Waals surface area contributed by atoms with Gasteiger partial charge in [-0.05, 0) is 80.8 Å². The van der Waals surface area contributed by atoms with Crippen molar-refractivity contribution in [2.75, 3.05) is 18.4 Å². The molecule has 5 heteroatoms. The number of amides is 1. The summed E-state index contributed by atoms with van der Waals surface area (Å²) in [5, 5.41) is 4.45. The van der Waals surface area contributed by atoms with E-state index in [-0.39, 0.29) is 5.91 Å². The highest BCUT2D eigenvalue weighted by Crippen LogP contribution is 2.32. The second-order valence-corrected chi connectivity index (χ2v) is 8.19. The quantitative estimate of drug-likeness (QED) is 0.703. The predicted octanol–water partition coefficient (Wildman–Crippen LogP) is 4.80. The highest BCUT2D eigenvalue weighted by molar-refractivity contribution is 6.07. The van der Waals surface area contributed by atoms with Gasteiger partial charge in [0.2, 0.25) is 0 Å². The molecule has 0 saturated carbocycles. The molecular weight excluding hydrogens is 360 g/mol. The van der Waals surface area contributed by atoms with E-state index in [1.165, 1.54) is 24.0 Å². The zero-order chi connectivity index (χ0) is 19.8. The molecule has 0 bridgehead atoms. The van der Waals surface area contributed by atoms with Crippen LogP contribution in [0.5, 0.6) is 0 Å². The molecule has 1 aromatic carbocycles. The molecule has 1 N–H and O–H groups in total. The predicted molar refractivity (Wildman–Crippen MR) is 116 cm³/mol. The van der Waals surface area contributed by atoms with Gasteiger partial charge in [0, 0.05) is 36.1 Å². The van der Waals surface area contributed by atoms with E-state index in [9.17, 15) is 4.79 Å². The van der Waals surface area contributed by atoms with Crippen LogP contribution in [0.25, 0.3) is 11.0 Å². The normalized spacial score (nSPS) is 16.1. The van der Waals surface area contributed by atoms with Gasteiger partial charge in [0.05, 0.1) is 11.3 Å². The second kappa shape index (κ2) is 7.47. The fourth-order valence-corrected chi connectivity index (χ4v) is 4.53. The summed E-state index contributed by atoms with van der Waals surface area (Å²) in [6.45, 7) is 3.60. The van der Waals surface area contributed by atoms with Crippen LogP contribution in [-0.2, 0) is 12.8 Å². The standard InChI is InChI=1S/C24H26N4O/c1-16-8-11-20-22(27-19-10-9-17-6-5-7-18(17)14-19)21(15-25-23(20)26-16)24(29)28-12-3-2-4-13-28/h8-11,14-15H,2-7,12-13H2,1H3,(H,25,26,27). The topological polar surface area (TPSA) is 58.1 Å². The Kier molecular flexibility index (Phi) is 4.66. The summed E-state index contributed by atoms with van der Waals surface area (Å²) in [4.78, 5) is 24.4. The minimum atomic E-state index is 0.0586. The Bertz CT molecular complexity index is 1090. The Morgan fingerprint density at radius 1 is 1.00 bits per heavy atom. The minimum Gasteiger partial charge on any atom is -0.354 e. The van der Waals surface area contributed by atoms with Gasteiger partial charge < -0.3 is 10.2 Å². The number of pyridine rings is 2. The summed E-state index contributed by atoms with van der Waals surface area (Å²) in [5.74, 6) is 0.0586. The molecule has 29 heavy (non-hydrogen) atoms. The van der Waals surface area contributed by atoms with Crippen LogP contribution >= 0.6 is 0 Å². The number of aryl methyl sites for hydroxylation is 3. The Morgan fingerprint density at radius 2 is 1.83 bits per heavy atom. The fourth-order valence-electron chi connectivity index (χ4n) is 4.53. The van der Waals surface area contributed by atoms with Crippen molar-refractivity contribution in [3.63, 3.8) is 0 Å². The molecule has 3 heterocycles. The summed E-state index contributed by atoms with van der Waals surface area (Å²) < 4.78 is 0. The SMILES string of the molecule is Cc1ccc2c(Nc3ccc4c(c3)CCC4)c(C(=O)N3CCCCC3)cnc2n1. The van der Waals surface area contributed by atoms with Crippen molar-refractivity contribution in [1.82, 2.24) is 14.9 Å². The van der Waals surface area contributed by atoms with Crippen molar-refractivity contribution >= 4 is 28.3 Å². The maximum Gasteiger partial charge on any atom is 0.257 e. The van der Waals surface area contributed by atoms with Crippen LogP contribution in [0.3, 0.4) is 0 Å². The van der Waals surface area contributed by atoms with E-state index in [1.807, 2.05) is 24.0 Å². The number of likely N-dealkylation sites (tertiary alicyclic amines) is 1. The first-order chi connectivity index (χ1) is 14.2. The number of carbonyl (C=O) groups is 1. The molecule has 5 rings (SSSR count). The third kappa shape index (κ3) is 3.46. The first-order valence-corrected chi connectivity index (χ1v) is 10.6. The zero-order valence-electron chi connectivity index (χ0n) is 16.9. The molecule has 1 amide bonds. The minimum absolute atomic E-state index is 0.0586. The van der Waals surface area contributed by atoms with Gasteiger partial charge in [-0.25, -0.2) is 9.97 Å². The van der Waals surface area contributed by atoms with Crippen molar-refractivity contribution in [1.29, 1.82) is 0 Å². The fraction of sp³-hybridized carbons (Fsp3) is 0.375. The number of carbonyl (C=O) groups excluding carboxylic acids is 1. The number of anilines is 2. The highest BCUT2D eigenvalue weighted by Gasteiger charge is 2.23. The highest BCUT2D eigenvalue weighted by atomic mass is 16.2. The van der Waals surface area contributed by atoms with Gasteiger partial charge in [-0.3, -0.25) is 4.79 Å². The van der Waals surface area contributed by atoms with Gasteiger partial charge in [0.15, 0.2) is 5.65 Å². The molecule has 5 nitrogen and oxygen atoms in total. The molecule has 3 aromatic rings. The lowest BCUT2D eigenvalue weighted by Gasteiger charge is -2.27. The largest absolute Gasteiger partial charge is 0.354 e. The number of hydrogen-bond donors (Lipinski definition) is 1. The summed E-state index contributed by atoms with van der Waals surface area (Å²) in [6, 6.07) is 10.6. The Balaban J connectivity index is 1.59. The Hall–Kier alpha value is -2.95. The summed E-state index contributed by atoms with van der Waals surface area (Å²) >= 11 is 0. The molecule has 1 aliphatic heterocycles. The maximum absolute atomic E-state index is 13.3. The first kappa shape index (κ1) is 18.1. The van der Waals surface area contributed by atoms with E-state index in [1.54, 1.807) is 6.20 Å². The van der Waals surface area contributed by atoms with Crippen LogP contribution in [0.1, 0.15) is 52.9 Å². The van der Waals surface area contributed by atoms with Crippen LogP contribution in [0.2, 0.25) is 0 Å². The lowest BCUT2D eigenvalue weighted by Crippen LogP contribution is -2.36. The monoisotopic (exact) mass is 386 g/mol. The van der Waals surface area contributed by atoms with Gasteiger partial charge in [0.25, 0.3) is 5.91 Å². The number of nitrogens with zero attached hydrogens (tertiary/aromatic N) is 3. The van der Waals surface area contributed by atoms with Gasteiger partial charge in [-0.1, -0.05) is 6.07 Å². The number of nitrogens with one attached hydrogen (secondary N) is 1. The van der Waals surface area contributed by atoms with Crippen molar-refractivity contribution < 1.29 is 4.79 Å². The second-order valence-electron chi connectivity index (χ2n) is 8.19. The van der Waals surface area contributed by atoms with E-state index in [0.29, 0.717) is 11.2 Å². The number of benzene rings is 1. The summed E-state index contributed by atoms with van der Waals surface area (Å²) in [7, 11) is 0.